The van der Waals surface area contributed by atoms with Crippen LogP contribution >= 0.6 is 0 Å². The standard InChI is InChI=1S/C15H24N2O2/c1-11(2)8-14(12(3)18)17-7-6-13(9-15(17)19)10-16(4)5/h6-7,9,11,14H,8,10H2,1-5H3/t14-/m1/s1. The molecule has 4 heteroatoms. The van der Waals surface area contributed by atoms with Crippen LogP contribution in [0.1, 0.15) is 38.8 Å². The molecule has 0 bridgehead atoms. The van der Waals surface area contributed by atoms with E-state index in [0.717, 1.165) is 12.1 Å². The zero-order chi connectivity index (χ0) is 14.6. The van der Waals surface area contributed by atoms with Gasteiger partial charge in [-0.2, -0.15) is 0 Å². The van der Waals surface area contributed by atoms with E-state index in [2.05, 4.69) is 13.8 Å². The van der Waals surface area contributed by atoms with Crippen molar-refractivity contribution in [2.45, 2.75) is 39.8 Å². The Balaban J connectivity index is 3.05. The first-order valence-corrected chi connectivity index (χ1v) is 6.67. The Morgan fingerprint density at radius 2 is 2.00 bits per heavy atom. The number of hydrogen-bond acceptors (Lipinski definition) is 3. The molecule has 0 aliphatic heterocycles. The molecule has 0 amide bonds. The maximum atomic E-state index is 12.1. The molecule has 0 aliphatic carbocycles. The first-order valence-electron chi connectivity index (χ1n) is 6.67. The van der Waals surface area contributed by atoms with E-state index in [1.54, 1.807) is 23.8 Å². The van der Waals surface area contributed by atoms with E-state index in [-0.39, 0.29) is 17.4 Å². The number of ketones is 1. The third-order valence-corrected chi connectivity index (χ3v) is 3.01. The summed E-state index contributed by atoms with van der Waals surface area (Å²) in [5, 5.41) is 0. The molecular weight excluding hydrogens is 240 g/mol. The fraction of sp³-hybridized carbons (Fsp3) is 0.600. The van der Waals surface area contributed by atoms with Crippen LogP contribution in [0, 0.1) is 5.92 Å². The van der Waals surface area contributed by atoms with Gasteiger partial charge in [0.2, 0.25) is 0 Å². The van der Waals surface area contributed by atoms with Crippen molar-refractivity contribution in [3.63, 3.8) is 0 Å². The average molecular weight is 264 g/mol. The maximum absolute atomic E-state index is 12.1. The summed E-state index contributed by atoms with van der Waals surface area (Å²) in [6.07, 6.45) is 2.44. The summed E-state index contributed by atoms with van der Waals surface area (Å²) in [5.41, 5.74) is 0.873. The molecule has 4 nitrogen and oxygen atoms in total. The van der Waals surface area contributed by atoms with Gasteiger partial charge < -0.3 is 9.47 Å². The van der Waals surface area contributed by atoms with E-state index in [4.69, 9.17) is 0 Å². The molecule has 0 unspecified atom stereocenters. The molecule has 1 aromatic heterocycles. The largest absolute Gasteiger partial charge is 0.305 e. The van der Waals surface area contributed by atoms with E-state index in [0.29, 0.717) is 12.3 Å². The van der Waals surface area contributed by atoms with E-state index < -0.39 is 0 Å². The molecule has 19 heavy (non-hydrogen) atoms. The molecule has 1 aromatic rings. The Hall–Kier alpha value is -1.42. The number of carbonyl (C=O) groups is 1. The highest BCUT2D eigenvalue weighted by atomic mass is 16.1. The summed E-state index contributed by atoms with van der Waals surface area (Å²) in [6.45, 7) is 6.39. The van der Waals surface area contributed by atoms with Crippen LogP contribution in [0.4, 0.5) is 0 Å². The van der Waals surface area contributed by atoms with Gasteiger partial charge in [-0.05, 0) is 45.0 Å². The van der Waals surface area contributed by atoms with Gasteiger partial charge in [0.1, 0.15) is 0 Å². The minimum Gasteiger partial charge on any atom is -0.305 e. The molecule has 0 radical (unpaired) electrons. The predicted molar refractivity (Wildman–Crippen MR) is 77.3 cm³/mol. The van der Waals surface area contributed by atoms with Gasteiger partial charge in [-0.3, -0.25) is 9.59 Å². The Kier molecular flexibility index (Phi) is 5.48. The molecule has 0 saturated carbocycles. The smallest absolute Gasteiger partial charge is 0.251 e. The van der Waals surface area contributed by atoms with Crippen LogP contribution in [-0.4, -0.2) is 29.3 Å². The van der Waals surface area contributed by atoms with Gasteiger partial charge in [0.05, 0.1) is 6.04 Å². The van der Waals surface area contributed by atoms with Gasteiger partial charge in [-0.15, -0.1) is 0 Å². The molecule has 106 valence electrons. The molecule has 0 aromatic carbocycles. The topological polar surface area (TPSA) is 42.3 Å². The first kappa shape index (κ1) is 15.6. The highest BCUT2D eigenvalue weighted by molar-refractivity contribution is 5.79. The normalized spacial score (nSPS) is 13.0. The van der Waals surface area contributed by atoms with Gasteiger partial charge in [0.25, 0.3) is 5.56 Å². The highest BCUT2D eigenvalue weighted by Gasteiger charge is 2.18. The van der Waals surface area contributed by atoms with E-state index in [9.17, 15) is 9.59 Å². The summed E-state index contributed by atoms with van der Waals surface area (Å²) in [5.74, 6) is 0.415. The molecule has 1 heterocycles. The third-order valence-electron chi connectivity index (χ3n) is 3.01. The van der Waals surface area contributed by atoms with E-state index in [1.807, 2.05) is 25.1 Å². The number of aromatic nitrogens is 1. The van der Waals surface area contributed by atoms with Crippen LogP contribution in [-0.2, 0) is 11.3 Å². The van der Waals surface area contributed by atoms with Crippen LogP contribution in [0.3, 0.4) is 0 Å². The Morgan fingerprint density at radius 3 is 2.42 bits per heavy atom. The molecular formula is C15H24N2O2. The maximum Gasteiger partial charge on any atom is 0.251 e. The van der Waals surface area contributed by atoms with Crippen molar-refractivity contribution < 1.29 is 4.79 Å². The van der Waals surface area contributed by atoms with E-state index >= 15 is 0 Å². The van der Waals surface area contributed by atoms with Crippen LogP contribution < -0.4 is 5.56 Å². The van der Waals surface area contributed by atoms with Gasteiger partial charge in [0, 0.05) is 18.8 Å². The number of carbonyl (C=O) groups excluding carboxylic acids is 1. The number of pyridine rings is 1. The Bertz CT molecular complexity index is 489. The average Bonchev–Trinajstić information content (AvgIpc) is 2.25. The van der Waals surface area contributed by atoms with Crippen molar-refractivity contribution in [3.8, 4) is 0 Å². The number of Topliss-reactive ketones (excluding diaryl/α,β-unsaturated/α-hetero) is 1. The molecule has 1 atom stereocenters. The summed E-state index contributed by atoms with van der Waals surface area (Å²) >= 11 is 0. The number of rotatable bonds is 6. The quantitative estimate of drug-likeness (QED) is 0.790. The summed E-state index contributed by atoms with van der Waals surface area (Å²) in [7, 11) is 3.92. The summed E-state index contributed by atoms with van der Waals surface area (Å²) in [4.78, 5) is 25.9. The Labute approximate surface area is 115 Å². The lowest BCUT2D eigenvalue weighted by Crippen LogP contribution is -2.29. The zero-order valence-corrected chi connectivity index (χ0v) is 12.5. The van der Waals surface area contributed by atoms with E-state index in [1.165, 1.54) is 0 Å². The predicted octanol–water partition coefficient (Wildman–Crippen LogP) is 2.09. The molecule has 1 rings (SSSR count). The zero-order valence-electron chi connectivity index (χ0n) is 12.5. The molecule has 0 fully saturated rings. The summed E-state index contributed by atoms with van der Waals surface area (Å²) in [6, 6.07) is 3.19. The fourth-order valence-electron chi connectivity index (χ4n) is 2.17. The molecule has 0 saturated heterocycles. The first-order chi connectivity index (χ1) is 8.81. The second kappa shape index (κ2) is 6.66. The van der Waals surface area contributed by atoms with Crippen LogP contribution in [0.5, 0.6) is 0 Å². The lowest BCUT2D eigenvalue weighted by atomic mass is 10.0. The Morgan fingerprint density at radius 1 is 1.37 bits per heavy atom. The summed E-state index contributed by atoms with van der Waals surface area (Å²) < 4.78 is 1.56. The van der Waals surface area contributed by atoms with Crippen LogP contribution in [0.25, 0.3) is 0 Å². The molecule has 0 N–H and O–H groups in total. The number of nitrogens with zero attached hydrogens (tertiary/aromatic N) is 2. The van der Waals surface area contributed by atoms with Crippen molar-refractivity contribution in [2.75, 3.05) is 14.1 Å². The van der Waals surface area contributed by atoms with Gasteiger partial charge >= 0.3 is 0 Å². The molecule has 0 spiro atoms. The van der Waals surface area contributed by atoms with Gasteiger partial charge in [-0.25, -0.2) is 0 Å². The van der Waals surface area contributed by atoms with Gasteiger partial charge in [0.15, 0.2) is 5.78 Å². The minimum atomic E-state index is -0.346. The lowest BCUT2D eigenvalue weighted by molar-refractivity contribution is -0.120. The van der Waals surface area contributed by atoms with Crippen LogP contribution in [0.15, 0.2) is 23.1 Å². The monoisotopic (exact) mass is 264 g/mol. The van der Waals surface area contributed by atoms with Crippen molar-refractivity contribution in [1.29, 1.82) is 0 Å². The van der Waals surface area contributed by atoms with Crippen molar-refractivity contribution in [2.24, 2.45) is 5.92 Å². The van der Waals surface area contributed by atoms with Crippen molar-refractivity contribution in [1.82, 2.24) is 9.47 Å². The molecule has 0 aliphatic rings. The SMILES string of the molecule is CC(=O)[C@@H](CC(C)C)n1ccc(CN(C)C)cc1=O. The third kappa shape index (κ3) is 4.63. The highest BCUT2D eigenvalue weighted by Crippen LogP contribution is 2.17. The van der Waals surface area contributed by atoms with Crippen molar-refractivity contribution >= 4 is 5.78 Å². The van der Waals surface area contributed by atoms with Crippen LogP contribution in [0.2, 0.25) is 0 Å². The van der Waals surface area contributed by atoms with Gasteiger partial charge in [-0.1, -0.05) is 13.8 Å². The number of hydrogen-bond donors (Lipinski definition) is 0. The second-order valence-corrected chi connectivity index (χ2v) is 5.77. The fourth-order valence-corrected chi connectivity index (χ4v) is 2.17. The second-order valence-electron chi connectivity index (χ2n) is 5.77. The lowest BCUT2D eigenvalue weighted by Gasteiger charge is -2.19. The minimum absolute atomic E-state index is 0.0381. The van der Waals surface area contributed by atoms with Crippen molar-refractivity contribution in [3.05, 3.63) is 34.2 Å².